The van der Waals surface area contributed by atoms with E-state index in [0.29, 0.717) is 29.6 Å². The highest BCUT2D eigenvalue weighted by atomic mass is 16.5. The molecule has 0 saturated heterocycles. The molecule has 2 aromatic heterocycles. The number of aromatic nitrogens is 2. The number of carbonyl (C=O) groups excluding carboxylic acids is 1. The lowest BCUT2D eigenvalue weighted by Gasteiger charge is -2.06. The average Bonchev–Trinajstić information content (AvgIpc) is 3.19. The standard InChI is InChI=1S/C20H15N3O3/c24-20(25)17-11-5-9-15(22-17)14-8-4-10-16(21-14)19-23-18(12-26-19)13-6-2-1-3-7-13/h1-11,18H,12H2,(H,24,25)/p-1/t18-/m1/s1. The van der Waals surface area contributed by atoms with Crippen molar-refractivity contribution in [3.8, 4) is 11.4 Å². The van der Waals surface area contributed by atoms with Gasteiger partial charge in [0.2, 0.25) is 5.90 Å². The van der Waals surface area contributed by atoms with E-state index in [1.54, 1.807) is 24.3 Å². The lowest BCUT2D eigenvalue weighted by atomic mass is 10.1. The Morgan fingerprint density at radius 3 is 2.35 bits per heavy atom. The van der Waals surface area contributed by atoms with Crippen molar-refractivity contribution >= 4 is 11.9 Å². The van der Waals surface area contributed by atoms with Crippen molar-refractivity contribution in [2.75, 3.05) is 6.61 Å². The summed E-state index contributed by atoms with van der Waals surface area (Å²) in [5.41, 5.74) is 2.53. The van der Waals surface area contributed by atoms with Crippen LogP contribution in [0.15, 0.2) is 71.7 Å². The Morgan fingerprint density at radius 2 is 1.58 bits per heavy atom. The van der Waals surface area contributed by atoms with Crippen LogP contribution in [-0.4, -0.2) is 28.4 Å². The van der Waals surface area contributed by atoms with Crippen LogP contribution in [-0.2, 0) is 4.74 Å². The molecule has 3 aromatic rings. The van der Waals surface area contributed by atoms with E-state index in [2.05, 4.69) is 15.0 Å². The molecule has 128 valence electrons. The summed E-state index contributed by atoms with van der Waals surface area (Å²) in [5.74, 6) is -0.853. The van der Waals surface area contributed by atoms with Gasteiger partial charge in [-0.05, 0) is 29.8 Å². The number of aliphatic imine (C=N–C) groups is 1. The SMILES string of the molecule is O=C([O-])c1cccc(-c2cccc(C3=N[C@@H](c4ccccc4)CO3)n2)n1. The summed E-state index contributed by atoms with van der Waals surface area (Å²) in [4.78, 5) is 24.2. The molecule has 4 rings (SSSR count). The largest absolute Gasteiger partial charge is 0.543 e. The van der Waals surface area contributed by atoms with Gasteiger partial charge in [-0.25, -0.2) is 15.0 Å². The molecule has 6 heteroatoms. The number of hydrogen-bond donors (Lipinski definition) is 0. The van der Waals surface area contributed by atoms with Crippen molar-refractivity contribution in [1.29, 1.82) is 0 Å². The third-order valence-electron chi connectivity index (χ3n) is 4.02. The van der Waals surface area contributed by atoms with Gasteiger partial charge in [0.15, 0.2) is 0 Å². The molecule has 0 unspecified atom stereocenters. The third-order valence-corrected chi connectivity index (χ3v) is 4.02. The van der Waals surface area contributed by atoms with E-state index in [4.69, 9.17) is 4.74 Å². The first-order chi connectivity index (χ1) is 12.7. The number of rotatable bonds is 4. The number of carboxylic acids is 1. The lowest BCUT2D eigenvalue weighted by molar-refractivity contribution is -0.255. The number of nitrogens with zero attached hydrogens (tertiary/aromatic N) is 3. The molecule has 0 radical (unpaired) electrons. The first-order valence-corrected chi connectivity index (χ1v) is 8.12. The van der Waals surface area contributed by atoms with Gasteiger partial charge in [-0.1, -0.05) is 42.5 Å². The number of aromatic carboxylic acids is 1. The van der Waals surface area contributed by atoms with Crippen molar-refractivity contribution in [2.24, 2.45) is 4.99 Å². The highest BCUT2D eigenvalue weighted by molar-refractivity contribution is 5.94. The maximum Gasteiger partial charge on any atom is 0.236 e. The zero-order chi connectivity index (χ0) is 17.9. The molecule has 1 atom stereocenters. The Bertz CT molecular complexity index is 986. The molecule has 1 aromatic carbocycles. The fourth-order valence-electron chi connectivity index (χ4n) is 2.75. The van der Waals surface area contributed by atoms with Crippen LogP contribution < -0.4 is 5.11 Å². The van der Waals surface area contributed by atoms with Crippen molar-refractivity contribution in [3.63, 3.8) is 0 Å². The van der Waals surface area contributed by atoms with Gasteiger partial charge in [-0.15, -0.1) is 0 Å². The van der Waals surface area contributed by atoms with E-state index in [-0.39, 0.29) is 11.7 Å². The molecule has 0 amide bonds. The second-order valence-corrected chi connectivity index (χ2v) is 5.78. The first kappa shape index (κ1) is 16.0. The lowest BCUT2D eigenvalue weighted by Crippen LogP contribution is -2.23. The summed E-state index contributed by atoms with van der Waals surface area (Å²) < 4.78 is 5.72. The van der Waals surface area contributed by atoms with E-state index in [1.165, 1.54) is 6.07 Å². The number of pyridine rings is 2. The average molecular weight is 344 g/mol. The smallest absolute Gasteiger partial charge is 0.236 e. The van der Waals surface area contributed by atoms with Crippen LogP contribution in [0.5, 0.6) is 0 Å². The molecular formula is C20H14N3O3-. The summed E-state index contributed by atoms with van der Waals surface area (Å²) in [7, 11) is 0. The summed E-state index contributed by atoms with van der Waals surface area (Å²) in [6.07, 6.45) is 0. The first-order valence-electron chi connectivity index (χ1n) is 8.12. The Labute approximate surface area is 149 Å². The minimum Gasteiger partial charge on any atom is -0.543 e. The molecule has 0 saturated carbocycles. The van der Waals surface area contributed by atoms with Crippen LogP contribution in [0.4, 0.5) is 0 Å². The topological polar surface area (TPSA) is 87.5 Å². The fraction of sp³-hybridized carbons (Fsp3) is 0.100. The molecule has 0 N–H and O–H groups in total. The van der Waals surface area contributed by atoms with E-state index in [0.717, 1.165) is 5.56 Å². The number of benzene rings is 1. The minimum atomic E-state index is -1.32. The van der Waals surface area contributed by atoms with Crippen molar-refractivity contribution in [1.82, 2.24) is 9.97 Å². The van der Waals surface area contributed by atoms with Crippen LogP contribution in [0.25, 0.3) is 11.4 Å². The summed E-state index contributed by atoms with van der Waals surface area (Å²) in [6, 6.07) is 19.9. The quantitative estimate of drug-likeness (QED) is 0.723. The molecule has 1 aliphatic rings. The predicted molar refractivity (Wildman–Crippen MR) is 93.5 cm³/mol. The van der Waals surface area contributed by atoms with Gasteiger partial charge in [-0.2, -0.15) is 0 Å². The summed E-state index contributed by atoms with van der Waals surface area (Å²) in [5, 5.41) is 11.0. The molecule has 0 spiro atoms. The van der Waals surface area contributed by atoms with Crippen LogP contribution in [0.3, 0.4) is 0 Å². The number of carbonyl (C=O) groups is 1. The molecule has 3 heterocycles. The molecule has 0 aliphatic carbocycles. The monoisotopic (exact) mass is 344 g/mol. The second-order valence-electron chi connectivity index (χ2n) is 5.78. The molecule has 0 bridgehead atoms. The molecule has 1 aliphatic heterocycles. The van der Waals surface area contributed by atoms with Crippen LogP contribution in [0.1, 0.15) is 27.8 Å². The minimum absolute atomic E-state index is 0.0591. The summed E-state index contributed by atoms with van der Waals surface area (Å²) >= 11 is 0. The van der Waals surface area contributed by atoms with Crippen molar-refractivity contribution in [3.05, 3.63) is 83.7 Å². The van der Waals surface area contributed by atoms with Crippen molar-refractivity contribution in [2.45, 2.75) is 6.04 Å². The Hall–Kier alpha value is -3.54. The number of hydrogen-bond acceptors (Lipinski definition) is 6. The Balaban J connectivity index is 1.64. The zero-order valence-corrected chi connectivity index (χ0v) is 13.7. The maximum absolute atomic E-state index is 11.0. The second kappa shape index (κ2) is 6.76. The van der Waals surface area contributed by atoms with Gasteiger partial charge in [-0.3, -0.25) is 0 Å². The molecule has 26 heavy (non-hydrogen) atoms. The van der Waals surface area contributed by atoms with E-state index >= 15 is 0 Å². The summed E-state index contributed by atoms with van der Waals surface area (Å²) in [6.45, 7) is 0.462. The van der Waals surface area contributed by atoms with Gasteiger partial charge >= 0.3 is 0 Å². The van der Waals surface area contributed by atoms with Gasteiger partial charge in [0.25, 0.3) is 0 Å². The van der Waals surface area contributed by atoms with E-state index < -0.39 is 5.97 Å². The van der Waals surface area contributed by atoms with Gasteiger partial charge in [0.05, 0.1) is 23.1 Å². The Kier molecular flexibility index (Phi) is 4.15. The highest BCUT2D eigenvalue weighted by Crippen LogP contribution is 2.25. The van der Waals surface area contributed by atoms with E-state index in [1.807, 2.05) is 36.4 Å². The van der Waals surface area contributed by atoms with Gasteiger partial charge in [0.1, 0.15) is 18.3 Å². The maximum atomic E-state index is 11.0. The molecule has 6 nitrogen and oxygen atoms in total. The highest BCUT2D eigenvalue weighted by Gasteiger charge is 2.22. The number of ether oxygens (including phenoxy) is 1. The Morgan fingerprint density at radius 1 is 0.885 bits per heavy atom. The molecular weight excluding hydrogens is 330 g/mol. The third kappa shape index (κ3) is 3.17. The van der Waals surface area contributed by atoms with Crippen LogP contribution in [0, 0.1) is 0 Å². The van der Waals surface area contributed by atoms with Crippen molar-refractivity contribution < 1.29 is 14.6 Å². The number of carboxylic acid groups (broad SMARTS) is 1. The predicted octanol–water partition coefficient (Wildman–Crippen LogP) is 2.03. The molecule has 0 fully saturated rings. The van der Waals surface area contributed by atoms with Crippen LogP contribution >= 0.6 is 0 Å². The van der Waals surface area contributed by atoms with E-state index in [9.17, 15) is 9.90 Å². The normalized spacial score (nSPS) is 16.0. The zero-order valence-electron chi connectivity index (χ0n) is 13.7. The van der Waals surface area contributed by atoms with Gasteiger partial charge < -0.3 is 14.6 Å². The fourth-order valence-corrected chi connectivity index (χ4v) is 2.75. The van der Waals surface area contributed by atoms with Crippen LogP contribution in [0.2, 0.25) is 0 Å². The van der Waals surface area contributed by atoms with Gasteiger partial charge in [0, 0.05) is 0 Å².